The van der Waals surface area contributed by atoms with E-state index in [2.05, 4.69) is 41.3 Å². The van der Waals surface area contributed by atoms with Gasteiger partial charge in [-0.3, -0.25) is 9.98 Å². The Balaban J connectivity index is 1.44. The third-order valence-electron chi connectivity index (χ3n) is 6.04. The zero-order valence-corrected chi connectivity index (χ0v) is 17.0. The van der Waals surface area contributed by atoms with Gasteiger partial charge in [-0.1, -0.05) is 11.8 Å². The molecule has 0 radical (unpaired) electrons. The molecule has 1 atom stereocenters. The van der Waals surface area contributed by atoms with Crippen molar-refractivity contribution in [1.29, 1.82) is 0 Å². The summed E-state index contributed by atoms with van der Waals surface area (Å²) >= 11 is 1.76. The monoisotopic (exact) mass is 391 g/mol. The molecule has 1 unspecified atom stereocenters. The molecule has 5 heteroatoms. The molecule has 0 amide bonds. The van der Waals surface area contributed by atoms with Crippen LogP contribution in [0.2, 0.25) is 0 Å². The standard InChI is InChI=1S/C23H25N3OS/c1-22(13-23(14-27-15-23)7-6-21(24)26-22)20-9-19(12-28-20)18-8-17(10-25-11-18)5-4-16-2-3-16/h8-12,16H,2-3,6-7,13-15H2,1H3,(H2,24,26). The Morgan fingerprint density at radius 3 is 2.82 bits per heavy atom. The summed E-state index contributed by atoms with van der Waals surface area (Å²) in [4.78, 5) is 10.6. The van der Waals surface area contributed by atoms with Crippen molar-refractivity contribution in [3.05, 3.63) is 40.3 Å². The van der Waals surface area contributed by atoms with E-state index in [1.807, 2.05) is 12.4 Å². The van der Waals surface area contributed by atoms with Gasteiger partial charge in [0.2, 0.25) is 0 Å². The molecule has 3 aliphatic rings. The van der Waals surface area contributed by atoms with Crippen LogP contribution >= 0.6 is 11.3 Å². The Labute approximate surface area is 170 Å². The molecular weight excluding hydrogens is 366 g/mol. The second-order valence-corrected chi connectivity index (χ2v) is 9.66. The van der Waals surface area contributed by atoms with Gasteiger partial charge in [-0.05, 0) is 55.7 Å². The van der Waals surface area contributed by atoms with Crippen molar-refractivity contribution in [1.82, 2.24) is 4.98 Å². The number of hydrogen-bond acceptors (Lipinski definition) is 5. The smallest absolute Gasteiger partial charge is 0.0948 e. The Kier molecular flexibility index (Phi) is 4.30. The molecule has 144 valence electrons. The normalized spacial score (nSPS) is 26.0. The van der Waals surface area contributed by atoms with Crippen LogP contribution in [0.15, 0.2) is 34.9 Å². The molecule has 2 aliphatic heterocycles. The number of hydrogen-bond donors (Lipinski definition) is 1. The van der Waals surface area contributed by atoms with E-state index in [1.165, 1.54) is 23.3 Å². The van der Waals surface area contributed by atoms with E-state index in [9.17, 15) is 0 Å². The number of rotatable bonds is 2. The number of nitrogens with zero attached hydrogens (tertiary/aromatic N) is 2. The molecule has 5 rings (SSSR count). The van der Waals surface area contributed by atoms with Crippen LogP contribution in [0.25, 0.3) is 11.1 Å². The molecule has 4 nitrogen and oxygen atoms in total. The Morgan fingerprint density at radius 1 is 1.21 bits per heavy atom. The first-order valence-corrected chi connectivity index (χ1v) is 10.9. The Hall–Kier alpha value is -2.16. The molecule has 0 bridgehead atoms. The topological polar surface area (TPSA) is 60.5 Å². The predicted molar refractivity (Wildman–Crippen MR) is 113 cm³/mol. The van der Waals surface area contributed by atoms with Gasteiger partial charge in [-0.25, -0.2) is 0 Å². The lowest BCUT2D eigenvalue weighted by molar-refractivity contribution is -0.128. The van der Waals surface area contributed by atoms with Gasteiger partial charge < -0.3 is 10.5 Å². The number of nitrogens with two attached hydrogens (primary N) is 1. The molecule has 4 heterocycles. The number of amidine groups is 1. The molecule has 2 fully saturated rings. The average molecular weight is 392 g/mol. The number of aromatic nitrogens is 1. The largest absolute Gasteiger partial charge is 0.387 e. The van der Waals surface area contributed by atoms with Gasteiger partial charge in [-0.2, -0.15) is 0 Å². The van der Waals surface area contributed by atoms with Crippen LogP contribution in [0.3, 0.4) is 0 Å². The molecule has 2 N–H and O–H groups in total. The second kappa shape index (κ2) is 6.72. The highest BCUT2D eigenvalue weighted by Gasteiger charge is 2.47. The van der Waals surface area contributed by atoms with Gasteiger partial charge >= 0.3 is 0 Å². The third kappa shape index (κ3) is 3.47. The zero-order valence-electron chi connectivity index (χ0n) is 16.2. The molecule has 28 heavy (non-hydrogen) atoms. The van der Waals surface area contributed by atoms with Crippen molar-refractivity contribution in [3.8, 4) is 23.0 Å². The lowest BCUT2D eigenvalue weighted by Gasteiger charge is -2.44. The summed E-state index contributed by atoms with van der Waals surface area (Å²) in [6, 6.07) is 4.40. The SMILES string of the molecule is CC1(c2cc(-c3cncc(C#CC4CC4)c3)cs2)CC2(CCC(N)=N1)COC2. The fourth-order valence-electron chi connectivity index (χ4n) is 4.25. The van der Waals surface area contributed by atoms with Gasteiger partial charge in [0.25, 0.3) is 0 Å². The maximum Gasteiger partial charge on any atom is 0.0948 e. The van der Waals surface area contributed by atoms with Crippen LogP contribution in [0.4, 0.5) is 0 Å². The summed E-state index contributed by atoms with van der Waals surface area (Å²) in [5.41, 5.74) is 9.46. The molecule has 0 aromatic carbocycles. The van der Waals surface area contributed by atoms with E-state index in [0.29, 0.717) is 5.92 Å². The first-order chi connectivity index (χ1) is 13.5. The fourth-order valence-corrected chi connectivity index (χ4v) is 5.28. The summed E-state index contributed by atoms with van der Waals surface area (Å²) in [5.74, 6) is 7.95. The maximum atomic E-state index is 6.24. The molecule has 1 saturated carbocycles. The summed E-state index contributed by atoms with van der Waals surface area (Å²) in [7, 11) is 0. The minimum Gasteiger partial charge on any atom is -0.387 e. The highest BCUT2D eigenvalue weighted by molar-refractivity contribution is 7.10. The first kappa shape index (κ1) is 17.9. The van der Waals surface area contributed by atoms with Crippen LogP contribution in [0.1, 0.15) is 49.5 Å². The number of thiophene rings is 1. The maximum absolute atomic E-state index is 6.24. The van der Waals surface area contributed by atoms with E-state index in [4.69, 9.17) is 15.5 Å². The average Bonchev–Trinajstić information content (AvgIpc) is 3.38. The van der Waals surface area contributed by atoms with Crippen LogP contribution in [0, 0.1) is 23.2 Å². The van der Waals surface area contributed by atoms with Crippen molar-refractivity contribution in [2.45, 2.75) is 44.6 Å². The van der Waals surface area contributed by atoms with Crippen LogP contribution in [-0.4, -0.2) is 24.0 Å². The number of aliphatic imine (C=N–C) groups is 1. The lowest BCUT2D eigenvalue weighted by Crippen LogP contribution is -2.45. The van der Waals surface area contributed by atoms with E-state index < -0.39 is 0 Å². The Bertz CT molecular complexity index is 991. The van der Waals surface area contributed by atoms with Crippen molar-refractivity contribution in [3.63, 3.8) is 0 Å². The molecule has 1 spiro atoms. The second-order valence-electron chi connectivity index (χ2n) is 8.75. The van der Waals surface area contributed by atoms with Crippen molar-refractivity contribution >= 4 is 17.2 Å². The zero-order chi connectivity index (χ0) is 19.2. The van der Waals surface area contributed by atoms with Crippen molar-refractivity contribution < 1.29 is 4.74 Å². The van der Waals surface area contributed by atoms with Crippen LogP contribution in [0.5, 0.6) is 0 Å². The van der Waals surface area contributed by atoms with Gasteiger partial charge in [0.05, 0.1) is 24.6 Å². The van der Waals surface area contributed by atoms with Gasteiger partial charge in [0.1, 0.15) is 0 Å². The summed E-state index contributed by atoms with van der Waals surface area (Å²) in [6.07, 6.45) is 9.18. The van der Waals surface area contributed by atoms with Crippen LogP contribution in [-0.2, 0) is 10.3 Å². The minimum absolute atomic E-state index is 0.226. The summed E-state index contributed by atoms with van der Waals surface area (Å²) in [5, 5.41) is 2.20. The van der Waals surface area contributed by atoms with E-state index >= 15 is 0 Å². The molecule has 2 aromatic heterocycles. The predicted octanol–water partition coefficient (Wildman–Crippen LogP) is 4.34. The van der Waals surface area contributed by atoms with Gasteiger partial charge in [0, 0.05) is 46.2 Å². The van der Waals surface area contributed by atoms with E-state index in [1.54, 1.807) is 11.3 Å². The number of pyridine rings is 1. The molecule has 1 saturated heterocycles. The van der Waals surface area contributed by atoms with Gasteiger partial charge in [0.15, 0.2) is 0 Å². The molecule has 1 aliphatic carbocycles. The lowest BCUT2D eigenvalue weighted by atomic mass is 9.72. The molecular formula is C23H25N3OS. The number of ether oxygens (including phenoxy) is 1. The van der Waals surface area contributed by atoms with Crippen molar-refractivity contribution in [2.24, 2.45) is 22.1 Å². The fraction of sp³-hybridized carbons (Fsp3) is 0.478. The summed E-state index contributed by atoms with van der Waals surface area (Å²) < 4.78 is 5.56. The quantitative estimate of drug-likeness (QED) is 0.775. The summed E-state index contributed by atoms with van der Waals surface area (Å²) in [6.45, 7) is 3.88. The Morgan fingerprint density at radius 2 is 2.07 bits per heavy atom. The first-order valence-electron chi connectivity index (χ1n) is 10.0. The highest BCUT2D eigenvalue weighted by Crippen LogP contribution is 2.49. The van der Waals surface area contributed by atoms with Crippen LogP contribution < -0.4 is 5.73 Å². The van der Waals surface area contributed by atoms with E-state index in [0.717, 1.165) is 49.4 Å². The van der Waals surface area contributed by atoms with E-state index in [-0.39, 0.29) is 11.0 Å². The minimum atomic E-state index is -0.288. The highest BCUT2D eigenvalue weighted by atomic mass is 32.1. The van der Waals surface area contributed by atoms with Crippen molar-refractivity contribution in [2.75, 3.05) is 13.2 Å². The third-order valence-corrected chi connectivity index (χ3v) is 7.22. The molecule has 2 aromatic rings. The van der Waals surface area contributed by atoms with Gasteiger partial charge in [-0.15, -0.1) is 11.3 Å².